The van der Waals surface area contributed by atoms with Crippen molar-refractivity contribution < 1.29 is 14.0 Å². The number of hydrogen-bond donors (Lipinski definition) is 2. The smallest absolute Gasteiger partial charge is 0.223 e. The van der Waals surface area contributed by atoms with Gasteiger partial charge in [-0.3, -0.25) is 4.90 Å². The summed E-state index contributed by atoms with van der Waals surface area (Å²) in [7, 11) is 0. The summed E-state index contributed by atoms with van der Waals surface area (Å²) in [5, 5.41) is 17.8. The van der Waals surface area contributed by atoms with Crippen LogP contribution in [-0.4, -0.2) is 50.4 Å². The summed E-state index contributed by atoms with van der Waals surface area (Å²) in [4.78, 5) is 11.6. The molecule has 3 atom stereocenters. The number of piperidine rings is 1. The van der Waals surface area contributed by atoms with E-state index >= 15 is 0 Å². The molecule has 8 heteroatoms. The topological polar surface area (TPSA) is 87.3 Å². The maximum atomic E-state index is 13.6. The highest BCUT2D eigenvalue weighted by Gasteiger charge is 2.39. The largest absolute Gasteiger partial charge is 0.393 e. The Balaban J connectivity index is 1.33. The second-order valence-electron chi connectivity index (χ2n) is 10.0. The highest BCUT2D eigenvalue weighted by molar-refractivity contribution is 5.80. The predicted molar refractivity (Wildman–Crippen MR) is 126 cm³/mol. The maximum absolute atomic E-state index is 13.6. The molecule has 7 nitrogen and oxygen atoms in total. The van der Waals surface area contributed by atoms with Crippen molar-refractivity contribution in [2.45, 2.75) is 57.2 Å². The number of benzene rings is 1. The number of halogens is 1. The van der Waals surface area contributed by atoms with Gasteiger partial charge >= 0.3 is 0 Å². The number of nitrogens with one attached hydrogen (secondary N) is 1. The number of hydrogen-bond acceptors (Lipinski definition) is 7. The van der Waals surface area contributed by atoms with Crippen LogP contribution in [0.4, 0.5) is 10.3 Å². The number of rotatable bonds is 6. The Kier molecular flexibility index (Phi) is 5.79. The molecule has 1 saturated heterocycles. The van der Waals surface area contributed by atoms with Crippen molar-refractivity contribution in [3.05, 3.63) is 48.1 Å². The molecule has 3 aromatic rings. The number of aromatic nitrogens is 3. The molecular weight excluding hydrogens is 433 g/mol. The SMILES string of the molecule is OC1CCN(Cc2onc(-c3ccc(F)cc3)c2-c2ccnc(NC3C[C@H]4CC[C@H]3C4)n2)CC1. The molecule has 0 spiro atoms. The van der Waals surface area contributed by atoms with Gasteiger partial charge in [0.05, 0.1) is 23.9 Å². The summed E-state index contributed by atoms with van der Waals surface area (Å²) in [5.74, 6) is 2.62. The zero-order valence-electron chi connectivity index (χ0n) is 19.2. The molecule has 0 radical (unpaired) electrons. The van der Waals surface area contributed by atoms with Crippen molar-refractivity contribution in [3.63, 3.8) is 0 Å². The molecular formula is C26H30FN5O2. The number of likely N-dealkylation sites (tertiary alicyclic amines) is 1. The monoisotopic (exact) mass is 463 g/mol. The van der Waals surface area contributed by atoms with Crippen LogP contribution in [0.2, 0.25) is 0 Å². The summed E-state index contributed by atoms with van der Waals surface area (Å²) in [5.41, 5.74) is 2.99. The normalized spacial score (nSPS) is 25.2. The Morgan fingerprint density at radius 3 is 2.62 bits per heavy atom. The quantitative estimate of drug-likeness (QED) is 0.557. The van der Waals surface area contributed by atoms with E-state index in [-0.39, 0.29) is 11.9 Å². The average Bonchev–Trinajstić information content (AvgIpc) is 3.57. The lowest BCUT2D eigenvalue weighted by Gasteiger charge is -2.28. The third-order valence-corrected chi connectivity index (χ3v) is 7.77. The minimum Gasteiger partial charge on any atom is -0.393 e. The molecule has 1 aromatic carbocycles. The molecule has 2 N–H and O–H groups in total. The molecule has 2 aliphatic carbocycles. The zero-order valence-corrected chi connectivity index (χ0v) is 19.2. The van der Waals surface area contributed by atoms with Gasteiger partial charge < -0.3 is 14.9 Å². The second kappa shape index (κ2) is 9.07. The van der Waals surface area contributed by atoms with E-state index in [9.17, 15) is 9.50 Å². The van der Waals surface area contributed by atoms with E-state index < -0.39 is 0 Å². The fourth-order valence-electron chi connectivity index (χ4n) is 5.94. The Morgan fingerprint density at radius 2 is 1.88 bits per heavy atom. The van der Waals surface area contributed by atoms with Crippen molar-refractivity contribution in [1.29, 1.82) is 0 Å². The van der Waals surface area contributed by atoms with Crippen molar-refractivity contribution in [3.8, 4) is 22.5 Å². The fraction of sp³-hybridized carbons (Fsp3) is 0.500. The van der Waals surface area contributed by atoms with E-state index in [4.69, 9.17) is 9.51 Å². The van der Waals surface area contributed by atoms with Gasteiger partial charge in [0.2, 0.25) is 5.95 Å². The third-order valence-electron chi connectivity index (χ3n) is 7.77. The van der Waals surface area contributed by atoms with Crippen LogP contribution in [-0.2, 0) is 6.54 Å². The van der Waals surface area contributed by atoms with Gasteiger partial charge in [-0.1, -0.05) is 11.6 Å². The number of nitrogens with zero attached hydrogens (tertiary/aromatic N) is 4. The Morgan fingerprint density at radius 1 is 1.06 bits per heavy atom. The van der Waals surface area contributed by atoms with Crippen molar-refractivity contribution in [2.24, 2.45) is 11.8 Å². The van der Waals surface area contributed by atoms with Crippen molar-refractivity contribution in [1.82, 2.24) is 20.0 Å². The zero-order chi connectivity index (χ0) is 23.1. The van der Waals surface area contributed by atoms with Gasteiger partial charge in [0, 0.05) is 30.9 Å². The van der Waals surface area contributed by atoms with Gasteiger partial charge in [0.15, 0.2) is 5.76 Å². The molecule has 2 saturated carbocycles. The first-order chi connectivity index (χ1) is 16.6. The van der Waals surface area contributed by atoms with Crippen LogP contribution in [0.25, 0.3) is 22.5 Å². The molecule has 2 bridgehead atoms. The number of anilines is 1. The maximum Gasteiger partial charge on any atom is 0.223 e. The van der Waals surface area contributed by atoms with Crippen molar-refractivity contribution >= 4 is 5.95 Å². The summed E-state index contributed by atoms with van der Waals surface area (Å²) in [6.07, 6.45) is 8.19. The first-order valence-corrected chi connectivity index (χ1v) is 12.4. The van der Waals surface area contributed by atoms with Gasteiger partial charge in [-0.2, -0.15) is 0 Å². The van der Waals surface area contributed by atoms with Gasteiger partial charge in [-0.15, -0.1) is 0 Å². The van der Waals surface area contributed by atoms with Crippen LogP contribution < -0.4 is 5.32 Å². The lowest BCUT2D eigenvalue weighted by Crippen LogP contribution is -2.35. The molecule has 3 aliphatic rings. The molecule has 1 aliphatic heterocycles. The molecule has 6 rings (SSSR count). The molecule has 3 heterocycles. The molecule has 1 unspecified atom stereocenters. The van der Waals surface area contributed by atoms with E-state index in [0.717, 1.165) is 54.4 Å². The first kappa shape index (κ1) is 21.7. The summed E-state index contributed by atoms with van der Waals surface area (Å²) in [6, 6.07) is 8.62. The third kappa shape index (κ3) is 4.32. The van der Waals surface area contributed by atoms with Crippen LogP contribution in [0.1, 0.15) is 44.3 Å². The molecule has 0 amide bonds. The fourth-order valence-corrected chi connectivity index (χ4v) is 5.94. The second-order valence-corrected chi connectivity index (χ2v) is 10.0. The summed E-state index contributed by atoms with van der Waals surface area (Å²) in [6.45, 7) is 2.18. The summed E-state index contributed by atoms with van der Waals surface area (Å²) >= 11 is 0. The van der Waals surface area contributed by atoms with Gasteiger partial charge in [0.25, 0.3) is 0 Å². The van der Waals surface area contributed by atoms with Gasteiger partial charge in [0.1, 0.15) is 11.5 Å². The number of aliphatic hydroxyl groups is 1. The number of fused-ring (bicyclic) bond motifs is 2. The Labute approximate surface area is 198 Å². The van der Waals surface area contributed by atoms with Crippen LogP contribution >= 0.6 is 0 Å². The molecule has 3 fully saturated rings. The minimum atomic E-state index is -0.291. The van der Waals surface area contributed by atoms with E-state index in [2.05, 4.69) is 20.4 Å². The minimum absolute atomic E-state index is 0.235. The summed E-state index contributed by atoms with van der Waals surface area (Å²) < 4.78 is 19.4. The highest BCUT2D eigenvalue weighted by atomic mass is 19.1. The van der Waals surface area contributed by atoms with Crippen LogP contribution in [0, 0.1) is 17.7 Å². The van der Waals surface area contributed by atoms with Gasteiger partial charge in [-0.25, -0.2) is 14.4 Å². The average molecular weight is 464 g/mol. The van der Waals surface area contributed by atoms with E-state index in [1.807, 2.05) is 6.07 Å². The van der Waals surface area contributed by atoms with E-state index in [1.165, 1.54) is 37.8 Å². The van der Waals surface area contributed by atoms with Crippen LogP contribution in [0.15, 0.2) is 41.1 Å². The lowest BCUT2D eigenvalue weighted by atomic mass is 9.95. The first-order valence-electron chi connectivity index (χ1n) is 12.4. The Bertz CT molecular complexity index is 1140. The van der Waals surface area contributed by atoms with E-state index in [1.54, 1.807) is 18.3 Å². The van der Waals surface area contributed by atoms with Crippen molar-refractivity contribution in [2.75, 3.05) is 18.4 Å². The molecule has 2 aromatic heterocycles. The lowest BCUT2D eigenvalue weighted by molar-refractivity contribution is 0.0750. The van der Waals surface area contributed by atoms with E-state index in [0.29, 0.717) is 30.1 Å². The standard InChI is InChI=1S/C26H30FN5O2/c27-19-5-3-17(4-6-19)25-24(23(34-31-25)15-32-11-8-20(33)9-12-32)21-7-10-28-26(29-21)30-22-14-16-1-2-18(22)13-16/h3-7,10,16,18,20,22,33H,1-2,8-9,11-15H2,(H,28,29,30)/t16-,18-,22?/m0/s1. The van der Waals surface area contributed by atoms with Gasteiger partial charge in [-0.05, 0) is 74.3 Å². The number of aliphatic hydroxyl groups excluding tert-OH is 1. The highest BCUT2D eigenvalue weighted by Crippen LogP contribution is 2.45. The Hall–Kier alpha value is -2.84. The molecule has 34 heavy (non-hydrogen) atoms. The van der Waals surface area contributed by atoms with Crippen LogP contribution in [0.3, 0.4) is 0 Å². The predicted octanol–water partition coefficient (Wildman–Crippen LogP) is 4.49. The van der Waals surface area contributed by atoms with Crippen LogP contribution in [0.5, 0.6) is 0 Å². The molecule has 178 valence electrons.